The monoisotopic (exact) mass is 572 g/mol. The molecule has 11 heteroatoms. The Morgan fingerprint density at radius 3 is 2.59 bits per heavy atom. The second kappa shape index (κ2) is 11.6. The summed E-state index contributed by atoms with van der Waals surface area (Å²) in [7, 11) is 0. The molecule has 5 rings (SSSR count). The highest BCUT2D eigenvalue weighted by atomic mass is 35.5. The summed E-state index contributed by atoms with van der Waals surface area (Å²) in [6, 6.07) is 20.4. The van der Waals surface area contributed by atoms with Gasteiger partial charge in [-0.3, -0.25) is 24.3 Å². The van der Waals surface area contributed by atoms with E-state index in [4.69, 9.17) is 25.7 Å². The molecular weight excluding hydrogens is 548 g/mol. The number of para-hydroxylation sites is 3. The summed E-state index contributed by atoms with van der Waals surface area (Å²) < 4.78 is 12.9. The minimum Gasteiger partial charge on any atom is -0.492 e. The predicted molar refractivity (Wildman–Crippen MR) is 154 cm³/mol. The van der Waals surface area contributed by atoms with Crippen LogP contribution in [-0.4, -0.2) is 31.9 Å². The third-order valence-electron chi connectivity index (χ3n) is 6.61. The van der Waals surface area contributed by atoms with Crippen molar-refractivity contribution in [3.05, 3.63) is 128 Å². The number of amides is 1. The van der Waals surface area contributed by atoms with Gasteiger partial charge in [-0.2, -0.15) is 0 Å². The fourth-order valence-corrected chi connectivity index (χ4v) is 4.88. The van der Waals surface area contributed by atoms with Crippen LogP contribution in [-0.2, 0) is 6.54 Å². The minimum absolute atomic E-state index is 0.0100. The molecule has 1 atom stereocenters. The van der Waals surface area contributed by atoms with Gasteiger partial charge in [-0.1, -0.05) is 35.9 Å². The molecule has 41 heavy (non-hydrogen) atoms. The normalized spacial score (nSPS) is 11.8. The number of carbonyl (C=O) groups is 1. The molecule has 0 radical (unpaired) electrons. The molecule has 0 N–H and O–H groups in total. The van der Waals surface area contributed by atoms with Gasteiger partial charge in [-0.05, 0) is 56.3 Å². The second-order valence-electron chi connectivity index (χ2n) is 9.14. The Labute approximate surface area is 239 Å². The average Bonchev–Trinajstić information content (AvgIpc) is 3.49. The van der Waals surface area contributed by atoms with Crippen molar-refractivity contribution < 1.29 is 18.9 Å². The lowest BCUT2D eigenvalue weighted by molar-refractivity contribution is -0.384. The highest BCUT2D eigenvalue weighted by Crippen LogP contribution is 2.31. The quantitative estimate of drug-likeness (QED) is 0.149. The number of carbonyl (C=O) groups excluding carboxylic acids is 1. The number of nitrogens with zero attached hydrogens (tertiary/aromatic N) is 4. The molecule has 0 aliphatic carbocycles. The molecule has 0 fully saturated rings. The number of ether oxygens (including phenoxy) is 1. The summed E-state index contributed by atoms with van der Waals surface area (Å²) in [5, 5.41) is 11.6. The lowest BCUT2D eigenvalue weighted by Crippen LogP contribution is -2.37. The number of nitro groups is 1. The van der Waals surface area contributed by atoms with Gasteiger partial charge in [0.05, 0.1) is 57.6 Å². The Morgan fingerprint density at radius 2 is 1.88 bits per heavy atom. The van der Waals surface area contributed by atoms with Crippen LogP contribution in [0, 0.1) is 10.1 Å². The molecule has 0 saturated carbocycles. The first-order valence-electron chi connectivity index (χ1n) is 12.8. The van der Waals surface area contributed by atoms with E-state index in [9.17, 15) is 19.7 Å². The molecule has 2 aromatic heterocycles. The smallest absolute Gasteiger partial charge is 0.270 e. The Hall–Kier alpha value is -4.96. The van der Waals surface area contributed by atoms with Crippen molar-refractivity contribution in [3.63, 3.8) is 0 Å². The highest BCUT2D eigenvalue weighted by Gasteiger charge is 2.30. The molecule has 0 saturated heterocycles. The fraction of sp³-hybridized carbons (Fsp3) is 0.167. The number of hydrogen-bond acceptors (Lipinski definition) is 7. The average molecular weight is 573 g/mol. The van der Waals surface area contributed by atoms with Gasteiger partial charge >= 0.3 is 0 Å². The molecule has 0 aliphatic heterocycles. The molecule has 1 amide bonds. The van der Waals surface area contributed by atoms with Crippen molar-refractivity contribution in [2.24, 2.45) is 0 Å². The van der Waals surface area contributed by atoms with Crippen molar-refractivity contribution in [2.45, 2.75) is 26.4 Å². The molecule has 0 aliphatic rings. The topological polar surface area (TPSA) is 121 Å². The second-order valence-corrected chi connectivity index (χ2v) is 9.55. The molecule has 0 bridgehead atoms. The molecule has 5 aromatic rings. The molecular formula is C30H25ClN4O6. The van der Waals surface area contributed by atoms with E-state index in [1.807, 2.05) is 6.92 Å². The van der Waals surface area contributed by atoms with Crippen LogP contribution >= 0.6 is 11.6 Å². The summed E-state index contributed by atoms with van der Waals surface area (Å²) >= 11 is 6.37. The van der Waals surface area contributed by atoms with E-state index < -0.39 is 16.9 Å². The molecule has 1 unspecified atom stereocenters. The van der Waals surface area contributed by atoms with Gasteiger partial charge < -0.3 is 14.1 Å². The summed E-state index contributed by atoms with van der Waals surface area (Å²) in [6.07, 6.45) is 1.49. The van der Waals surface area contributed by atoms with Gasteiger partial charge in [0, 0.05) is 12.1 Å². The van der Waals surface area contributed by atoms with Crippen LogP contribution in [0.4, 0.5) is 5.69 Å². The number of benzene rings is 3. The SMILES string of the molecule is CCOc1ccccc1-n1c(C(C)N(Cc2ccco2)C(=O)c2ccc([N+](=O)[O-])cc2Cl)nc2ccccc2c1=O. The number of furan rings is 1. The third kappa shape index (κ3) is 5.42. The molecule has 3 aromatic carbocycles. The van der Waals surface area contributed by atoms with E-state index in [2.05, 4.69) is 0 Å². The van der Waals surface area contributed by atoms with Crippen LogP contribution in [0.1, 0.15) is 41.8 Å². The van der Waals surface area contributed by atoms with Crippen LogP contribution in [0.25, 0.3) is 16.6 Å². The Bertz CT molecular complexity index is 1800. The first-order valence-corrected chi connectivity index (χ1v) is 13.2. The van der Waals surface area contributed by atoms with Crippen molar-refractivity contribution >= 4 is 34.1 Å². The van der Waals surface area contributed by atoms with Crippen molar-refractivity contribution in [1.82, 2.24) is 14.5 Å². The van der Waals surface area contributed by atoms with E-state index in [-0.39, 0.29) is 34.2 Å². The van der Waals surface area contributed by atoms with Gasteiger partial charge in [0.25, 0.3) is 17.2 Å². The number of halogens is 1. The van der Waals surface area contributed by atoms with Gasteiger partial charge in [0.1, 0.15) is 17.3 Å². The molecule has 208 valence electrons. The lowest BCUT2D eigenvalue weighted by atomic mass is 10.1. The van der Waals surface area contributed by atoms with Crippen LogP contribution in [0.3, 0.4) is 0 Å². The zero-order valence-electron chi connectivity index (χ0n) is 22.2. The number of hydrogen-bond donors (Lipinski definition) is 0. The number of nitro benzene ring substituents is 1. The maximum Gasteiger partial charge on any atom is 0.270 e. The first-order chi connectivity index (χ1) is 19.8. The van der Waals surface area contributed by atoms with E-state index in [1.54, 1.807) is 67.6 Å². The van der Waals surface area contributed by atoms with E-state index in [0.717, 1.165) is 6.07 Å². The van der Waals surface area contributed by atoms with Crippen LogP contribution in [0.5, 0.6) is 5.75 Å². The zero-order chi connectivity index (χ0) is 29.1. The molecule has 10 nitrogen and oxygen atoms in total. The number of fused-ring (bicyclic) bond motifs is 1. The summed E-state index contributed by atoms with van der Waals surface area (Å²) in [6.45, 7) is 3.98. The van der Waals surface area contributed by atoms with E-state index in [0.29, 0.717) is 34.7 Å². The third-order valence-corrected chi connectivity index (χ3v) is 6.92. The number of non-ortho nitro benzene ring substituents is 1. The Morgan fingerprint density at radius 1 is 1.12 bits per heavy atom. The van der Waals surface area contributed by atoms with Crippen molar-refractivity contribution in [1.29, 1.82) is 0 Å². The van der Waals surface area contributed by atoms with Crippen LogP contribution < -0.4 is 10.3 Å². The summed E-state index contributed by atoms with van der Waals surface area (Å²) in [5.41, 5.74) is 0.416. The fourth-order valence-electron chi connectivity index (χ4n) is 4.62. The van der Waals surface area contributed by atoms with Crippen molar-refractivity contribution in [3.8, 4) is 11.4 Å². The first kappa shape index (κ1) is 27.6. The highest BCUT2D eigenvalue weighted by molar-refractivity contribution is 6.34. The maximum absolute atomic E-state index is 14.0. The maximum atomic E-state index is 14.0. The predicted octanol–water partition coefficient (Wildman–Crippen LogP) is 6.34. The summed E-state index contributed by atoms with van der Waals surface area (Å²) in [5.74, 6) is 0.706. The largest absolute Gasteiger partial charge is 0.492 e. The van der Waals surface area contributed by atoms with Crippen LogP contribution in [0.15, 0.2) is 94.3 Å². The molecule has 0 spiro atoms. The van der Waals surface area contributed by atoms with E-state index >= 15 is 0 Å². The summed E-state index contributed by atoms with van der Waals surface area (Å²) in [4.78, 5) is 45.0. The van der Waals surface area contributed by atoms with Crippen molar-refractivity contribution in [2.75, 3.05) is 6.61 Å². The Kier molecular flexibility index (Phi) is 7.84. The van der Waals surface area contributed by atoms with Gasteiger partial charge in [0.15, 0.2) is 0 Å². The standard InChI is InChI=1S/C30H25ClN4O6/c1-3-40-27-13-7-6-12-26(27)34-28(32-25-11-5-4-10-23(25)30(34)37)19(2)33(18-21-9-8-16-41-21)29(36)22-15-14-20(35(38)39)17-24(22)31/h4-17,19H,3,18H2,1-2H3. The van der Waals surface area contributed by atoms with Gasteiger partial charge in [0.2, 0.25) is 0 Å². The van der Waals surface area contributed by atoms with Crippen LogP contribution in [0.2, 0.25) is 5.02 Å². The van der Waals surface area contributed by atoms with E-state index in [1.165, 1.54) is 27.9 Å². The van der Waals surface area contributed by atoms with Gasteiger partial charge in [-0.15, -0.1) is 0 Å². The molecule has 2 heterocycles. The Balaban J connectivity index is 1.71. The number of aromatic nitrogens is 2. The minimum atomic E-state index is -0.800. The zero-order valence-corrected chi connectivity index (χ0v) is 22.9. The van der Waals surface area contributed by atoms with Gasteiger partial charge in [-0.25, -0.2) is 4.98 Å². The lowest BCUT2D eigenvalue weighted by Gasteiger charge is -2.30. The number of rotatable bonds is 9.